The number of nitrogens with one attached hydrogen (secondary N) is 1. The number of halogens is 2. The van der Waals surface area contributed by atoms with Crippen molar-refractivity contribution in [1.82, 2.24) is 9.97 Å². The number of ether oxygens (including phenoxy) is 1. The van der Waals surface area contributed by atoms with Crippen molar-refractivity contribution in [2.75, 3.05) is 31.4 Å². The lowest BCUT2D eigenvalue weighted by atomic mass is 10.1. The number of pyridine rings is 1. The molecule has 0 aliphatic carbocycles. The van der Waals surface area contributed by atoms with Crippen molar-refractivity contribution < 1.29 is 13.5 Å². The van der Waals surface area contributed by atoms with Gasteiger partial charge in [-0.1, -0.05) is 0 Å². The molecule has 1 aliphatic rings. The van der Waals surface area contributed by atoms with Gasteiger partial charge < -0.3 is 14.6 Å². The van der Waals surface area contributed by atoms with Gasteiger partial charge in [-0.3, -0.25) is 0 Å². The Labute approximate surface area is 154 Å². The monoisotopic (exact) mass is 375 g/mol. The standard InChI is InChI=1S/C19H19F2N3OS/c1-25-17-6-3-12-9-15(22-18(12)23-17)14-10-13(26-2)4-5-16(14)24-8-7-19(20,21)11-24/h3-6,9-10H,7-8,11H2,1-2H3,(H,22,23). The van der Waals surface area contributed by atoms with E-state index in [4.69, 9.17) is 4.74 Å². The van der Waals surface area contributed by atoms with E-state index in [0.29, 0.717) is 18.1 Å². The number of thioether (sulfide) groups is 1. The molecule has 2 aromatic heterocycles. The summed E-state index contributed by atoms with van der Waals surface area (Å²) in [7, 11) is 1.58. The van der Waals surface area contributed by atoms with Gasteiger partial charge in [-0.15, -0.1) is 11.8 Å². The van der Waals surface area contributed by atoms with Crippen molar-refractivity contribution in [2.24, 2.45) is 0 Å². The number of anilines is 1. The topological polar surface area (TPSA) is 41.1 Å². The van der Waals surface area contributed by atoms with Gasteiger partial charge in [-0.25, -0.2) is 8.78 Å². The third kappa shape index (κ3) is 3.11. The molecule has 1 saturated heterocycles. The molecule has 0 atom stereocenters. The highest BCUT2D eigenvalue weighted by Gasteiger charge is 2.39. The van der Waals surface area contributed by atoms with Gasteiger partial charge in [0.1, 0.15) is 5.65 Å². The molecule has 0 saturated carbocycles. The highest BCUT2D eigenvalue weighted by atomic mass is 32.2. The van der Waals surface area contributed by atoms with Crippen LogP contribution in [0.25, 0.3) is 22.3 Å². The van der Waals surface area contributed by atoms with Crippen LogP contribution in [0, 0.1) is 0 Å². The summed E-state index contributed by atoms with van der Waals surface area (Å²) in [5, 5.41) is 0.952. The van der Waals surface area contributed by atoms with Crippen LogP contribution in [-0.2, 0) is 0 Å². The molecule has 26 heavy (non-hydrogen) atoms. The van der Waals surface area contributed by atoms with Crippen molar-refractivity contribution in [3.63, 3.8) is 0 Å². The van der Waals surface area contributed by atoms with Crippen LogP contribution in [-0.4, -0.2) is 42.3 Å². The Hall–Kier alpha value is -2.28. The normalized spacial score (nSPS) is 16.4. The summed E-state index contributed by atoms with van der Waals surface area (Å²) in [5.74, 6) is -2.10. The summed E-state index contributed by atoms with van der Waals surface area (Å²) in [6.45, 7) is 0.107. The van der Waals surface area contributed by atoms with Crippen LogP contribution < -0.4 is 9.64 Å². The fourth-order valence-corrected chi connectivity index (χ4v) is 3.76. The number of benzene rings is 1. The van der Waals surface area contributed by atoms with Crippen molar-refractivity contribution in [3.8, 4) is 17.1 Å². The second-order valence-electron chi connectivity index (χ2n) is 6.39. The Morgan fingerprint density at radius 2 is 2.08 bits per heavy atom. The SMILES string of the molecule is COc1ccc2cc(-c3cc(SC)ccc3N3CCC(F)(F)C3)[nH]c2n1. The van der Waals surface area contributed by atoms with Gasteiger partial charge in [0.2, 0.25) is 5.88 Å². The zero-order chi connectivity index (χ0) is 18.3. The summed E-state index contributed by atoms with van der Waals surface area (Å²) in [5.41, 5.74) is 3.30. The van der Waals surface area contributed by atoms with Crippen molar-refractivity contribution >= 4 is 28.5 Å². The minimum absolute atomic E-state index is 0.109. The molecule has 0 amide bonds. The molecule has 1 N–H and O–H groups in total. The number of aromatic amines is 1. The molecule has 3 heterocycles. The van der Waals surface area contributed by atoms with Crippen LogP contribution in [0.3, 0.4) is 0 Å². The maximum Gasteiger partial charge on any atom is 0.266 e. The van der Waals surface area contributed by atoms with Crippen LogP contribution in [0.5, 0.6) is 5.88 Å². The first-order valence-electron chi connectivity index (χ1n) is 8.34. The number of rotatable bonds is 4. The van der Waals surface area contributed by atoms with Crippen LogP contribution in [0.15, 0.2) is 41.3 Å². The van der Waals surface area contributed by atoms with Gasteiger partial charge in [0.05, 0.1) is 13.7 Å². The number of H-pyrrole nitrogens is 1. The van der Waals surface area contributed by atoms with E-state index in [-0.39, 0.29) is 13.0 Å². The summed E-state index contributed by atoms with van der Waals surface area (Å²) in [4.78, 5) is 10.6. The molecule has 4 rings (SSSR count). The fraction of sp³-hybridized carbons (Fsp3) is 0.316. The average molecular weight is 375 g/mol. The summed E-state index contributed by atoms with van der Waals surface area (Å²) in [6.07, 6.45) is 1.89. The van der Waals surface area contributed by atoms with Crippen LogP contribution in [0.1, 0.15) is 6.42 Å². The van der Waals surface area contributed by atoms with Crippen LogP contribution in [0.4, 0.5) is 14.5 Å². The van der Waals surface area contributed by atoms with E-state index in [1.165, 1.54) is 0 Å². The number of methoxy groups -OCH3 is 1. The first kappa shape index (κ1) is 17.1. The second kappa shape index (κ2) is 6.46. The predicted octanol–water partition coefficient (Wildman–Crippen LogP) is 4.81. The molecule has 3 aromatic rings. The van der Waals surface area contributed by atoms with Gasteiger partial charge >= 0.3 is 0 Å². The predicted molar refractivity (Wildman–Crippen MR) is 102 cm³/mol. The van der Waals surface area contributed by atoms with E-state index in [9.17, 15) is 8.78 Å². The zero-order valence-corrected chi connectivity index (χ0v) is 15.4. The summed E-state index contributed by atoms with van der Waals surface area (Å²) in [6, 6.07) is 11.7. The first-order valence-corrected chi connectivity index (χ1v) is 9.56. The number of alkyl halides is 2. The number of aromatic nitrogens is 2. The minimum atomic E-state index is -2.63. The Bertz CT molecular complexity index is 957. The van der Waals surface area contributed by atoms with Gasteiger partial charge in [0.25, 0.3) is 5.92 Å². The molecule has 7 heteroatoms. The van der Waals surface area contributed by atoms with Crippen molar-refractivity contribution in [2.45, 2.75) is 17.2 Å². The molecule has 0 bridgehead atoms. The van der Waals surface area contributed by atoms with Gasteiger partial charge in [-0.2, -0.15) is 4.98 Å². The molecule has 0 spiro atoms. The van der Waals surface area contributed by atoms with Crippen molar-refractivity contribution in [1.29, 1.82) is 0 Å². The zero-order valence-electron chi connectivity index (χ0n) is 14.6. The molecular weight excluding hydrogens is 356 g/mol. The largest absolute Gasteiger partial charge is 0.481 e. The third-order valence-electron chi connectivity index (χ3n) is 4.67. The van der Waals surface area contributed by atoms with E-state index in [0.717, 1.165) is 27.2 Å². The quantitative estimate of drug-likeness (QED) is 0.665. The Morgan fingerprint density at radius 3 is 2.77 bits per heavy atom. The highest BCUT2D eigenvalue weighted by molar-refractivity contribution is 7.98. The maximum atomic E-state index is 13.7. The van der Waals surface area contributed by atoms with E-state index in [1.807, 2.05) is 36.6 Å². The number of fused-ring (bicyclic) bond motifs is 1. The molecule has 1 aromatic carbocycles. The Balaban J connectivity index is 1.81. The second-order valence-corrected chi connectivity index (χ2v) is 7.26. The molecule has 0 unspecified atom stereocenters. The lowest BCUT2D eigenvalue weighted by Crippen LogP contribution is -2.25. The highest BCUT2D eigenvalue weighted by Crippen LogP contribution is 2.39. The lowest BCUT2D eigenvalue weighted by Gasteiger charge is -2.22. The first-order chi connectivity index (χ1) is 12.5. The Morgan fingerprint density at radius 1 is 1.23 bits per heavy atom. The minimum Gasteiger partial charge on any atom is -0.481 e. The number of nitrogens with zero attached hydrogens (tertiary/aromatic N) is 2. The molecule has 4 nitrogen and oxygen atoms in total. The summed E-state index contributed by atoms with van der Waals surface area (Å²) < 4.78 is 32.6. The number of hydrogen-bond donors (Lipinski definition) is 1. The molecule has 136 valence electrons. The van der Waals surface area contributed by atoms with E-state index < -0.39 is 5.92 Å². The van der Waals surface area contributed by atoms with E-state index >= 15 is 0 Å². The van der Waals surface area contributed by atoms with Gasteiger partial charge in [-0.05, 0) is 36.6 Å². The average Bonchev–Trinajstić information content (AvgIpc) is 3.23. The van der Waals surface area contributed by atoms with E-state index in [1.54, 1.807) is 29.8 Å². The molecule has 1 aliphatic heterocycles. The third-order valence-corrected chi connectivity index (χ3v) is 5.39. The Kier molecular flexibility index (Phi) is 4.26. The van der Waals surface area contributed by atoms with Crippen LogP contribution in [0.2, 0.25) is 0 Å². The molecule has 1 fully saturated rings. The molecular formula is C19H19F2N3OS. The maximum absolute atomic E-state index is 13.7. The van der Waals surface area contributed by atoms with Crippen molar-refractivity contribution in [3.05, 3.63) is 36.4 Å². The smallest absolute Gasteiger partial charge is 0.266 e. The molecule has 0 radical (unpaired) electrons. The van der Waals surface area contributed by atoms with Gasteiger partial charge in [0, 0.05) is 46.3 Å². The van der Waals surface area contributed by atoms with Crippen LogP contribution >= 0.6 is 11.8 Å². The van der Waals surface area contributed by atoms with Gasteiger partial charge in [0.15, 0.2) is 0 Å². The number of hydrogen-bond acceptors (Lipinski definition) is 4. The fourth-order valence-electron chi connectivity index (χ4n) is 3.32. The van der Waals surface area contributed by atoms with E-state index in [2.05, 4.69) is 9.97 Å². The summed E-state index contributed by atoms with van der Waals surface area (Å²) >= 11 is 1.63. The lowest BCUT2D eigenvalue weighted by molar-refractivity contribution is 0.0257.